The number of hydrazone groups is 1. The monoisotopic (exact) mass is 420 g/mol. The smallest absolute Gasteiger partial charge is 0.331 e. The number of para-hydroxylation sites is 1. The highest BCUT2D eigenvalue weighted by atomic mass is 16.6. The summed E-state index contributed by atoms with van der Waals surface area (Å²) in [4.78, 5) is 30.0. The Hall–Kier alpha value is -3.68. The Kier molecular flexibility index (Phi) is 5.22. The molecule has 0 saturated heterocycles. The number of hydrogen-bond acceptors (Lipinski definition) is 7. The number of amides is 1. The van der Waals surface area contributed by atoms with E-state index in [1.54, 1.807) is 30.1 Å². The lowest BCUT2D eigenvalue weighted by Gasteiger charge is -2.26. The van der Waals surface area contributed by atoms with Gasteiger partial charge in [0.05, 0.1) is 5.69 Å². The zero-order valence-corrected chi connectivity index (χ0v) is 17.9. The first-order chi connectivity index (χ1) is 14.7. The predicted octanol–water partition coefficient (Wildman–Crippen LogP) is 4.05. The van der Waals surface area contributed by atoms with E-state index in [1.165, 1.54) is 0 Å². The minimum absolute atomic E-state index is 0.140. The van der Waals surface area contributed by atoms with E-state index in [-0.39, 0.29) is 18.0 Å². The van der Waals surface area contributed by atoms with Gasteiger partial charge in [0.2, 0.25) is 0 Å². The molecule has 1 amide bonds. The molecule has 4 rings (SSSR count). The maximum atomic E-state index is 12.9. The van der Waals surface area contributed by atoms with Gasteiger partial charge >= 0.3 is 5.97 Å². The van der Waals surface area contributed by atoms with Gasteiger partial charge in [0.15, 0.2) is 17.5 Å². The molecule has 0 saturated carbocycles. The molecule has 160 valence electrons. The fourth-order valence-electron chi connectivity index (χ4n) is 3.34. The molecular formula is C23H24N4O4. The second-order valence-corrected chi connectivity index (χ2v) is 8.35. The molecule has 0 fully saturated rings. The molecule has 2 heterocycles. The van der Waals surface area contributed by atoms with E-state index >= 15 is 0 Å². The molecule has 1 N–H and O–H groups in total. The van der Waals surface area contributed by atoms with Crippen LogP contribution in [0.25, 0.3) is 11.1 Å². The average molecular weight is 420 g/mol. The largest absolute Gasteiger partial charge is 0.458 e. The van der Waals surface area contributed by atoms with Crippen molar-refractivity contribution in [3.63, 3.8) is 0 Å². The van der Waals surface area contributed by atoms with Crippen molar-refractivity contribution in [2.24, 2.45) is 5.10 Å². The van der Waals surface area contributed by atoms with Crippen LogP contribution in [0.5, 0.6) is 0 Å². The average Bonchev–Trinajstić information content (AvgIpc) is 3.30. The minimum Gasteiger partial charge on any atom is -0.458 e. The molecule has 1 aromatic heterocycles. The highest BCUT2D eigenvalue weighted by Crippen LogP contribution is 2.27. The van der Waals surface area contributed by atoms with Gasteiger partial charge < -0.3 is 14.5 Å². The Balaban J connectivity index is 1.57. The maximum absolute atomic E-state index is 12.9. The first kappa shape index (κ1) is 20.6. The number of fused-ring (bicyclic) bond motifs is 1. The molecule has 1 atom stereocenters. The summed E-state index contributed by atoms with van der Waals surface area (Å²) >= 11 is 0. The normalized spacial score (nSPS) is 16.3. The Labute approximate surface area is 179 Å². The van der Waals surface area contributed by atoms with Gasteiger partial charge in [-0.3, -0.25) is 9.80 Å². The molecule has 8 nitrogen and oxygen atoms in total. The third-order valence-electron chi connectivity index (χ3n) is 4.62. The Morgan fingerprint density at radius 3 is 2.61 bits per heavy atom. The Morgan fingerprint density at radius 1 is 1.16 bits per heavy atom. The molecule has 8 heteroatoms. The highest BCUT2D eigenvalue weighted by Gasteiger charge is 2.38. The van der Waals surface area contributed by atoms with Crippen LogP contribution in [0.1, 0.15) is 33.1 Å². The summed E-state index contributed by atoms with van der Waals surface area (Å²) in [6.07, 6.45) is 0.140. The van der Waals surface area contributed by atoms with Crippen molar-refractivity contribution in [2.75, 3.05) is 10.3 Å². The first-order valence-electron chi connectivity index (χ1n) is 10.0. The van der Waals surface area contributed by atoms with Crippen LogP contribution in [0.15, 0.2) is 58.0 Å². The Bertz CT molecular complexity index is 1160. The van der Waals surface area contributed by atoms with E-state index in [9.17, 15) is 9.59 Å². The van der Waals surface area contributed by atoms with Gasteiger partial charge in [-0.2, -0.15) is 5.10 Å². The number of anilines is 2. The van der Waals surface area contributed by atoms with Crippen molar-refractivity contribution in [1.82, 2.24) is 4.98 Å². The molecule has 3 aromatic rings. The van der Waals surface area contributed by atoms with Crippen LogP contribution in [0.2, 0.25) is 0 Å². The maximum Gasteiger partial charge on any atom is 0.331 e. The number of hydrogen-bond donors (Lipinski definition) is 1. The van der Waals surface area contributed by atoms with Crippen LogP contribution in [0, 0.1) is 6.92 Å². The third kappa shape index (κ3) is 4.58. The van der Waals surface area contributed by atoms with E-state index in [0.717, 1.165) is 0 Å². The van der Waals surface area contributed by atoms with Gasteiger partial charge in [-0.15, -0.1) is 0 Å². The standard InChI is InChI=1S/C23H24N4O4/c1-14-24-17-12-15(10-11-20(17)30-14)25-21(28)18-13-19(22(29)31-23(2,3)4)27(26-18)16-8-6-5-7-9-16/h5-12,19H,13H2,1-4H3,(H,25,28). The molecule has 0 aliphatic carbocycles. The fraction of sp³-hybridized carbons (Fsp3) is 0.304. The van der Waals surface area contributed by atoms with Crippen molar-refractivity contribution in [1.29, 1.82) is 0 Å². The summed E-state index contributed by atoms with van der Waals surface area (Å²) in [7, 11) is 0. The number of carbonyl (C=O) groups excluding carboxylic acids is 2. The topological polar surface area (TPSA) is 97.0 Å². The molecule has 2 aromatic carbocycles. The summed E-state index contributed by atoms with van der Waals surface area (Å²) < 4.78 is 11.0. The van der Waals surface area contributed by atoms with Crippen LogP contribution < -0.4 is 10.3 Å². The number of oxazole rings is 1. The minimum atomic E-state index is -0.719. The number of nitrogens with one attached hydrogen (secondary N) is 1. The zero-order chi connectivity index (χ0) is 22.2. The molecule has 0 spiro atoms. The predicted molar refractivity (Wildman–Crippen MR) is 118 cm³/mol. The van der Waals surface area contributed by atoms with E-state index in [4.69, 9.17) is 9.15 Å². The van der Waals surface area contributed by atoms with Crippen molar-refractivity contribution >= 4 is 40.1 Å². The van der Waals surface area contributed by atoms with Crippen LogP contribution in [-0.2, 0) is 14.3 Å². The van der Waals surface area contributed by atoms with E-state index < -0.39 is 17.6 Å². The second-order valence-electron chi connectivity index (χ2n) is 8.35. The first-order valence-corrected chi connectivity index (χ1v) is 10.0. The summed E-state index contributed by atoms with van der Waals surface area (Å²) in [6.45, 7) is 7.19. The number of esters is 1. The third-order valence-corrected chi connectivity index (χ3v) is 4.62. The van der Waals surface area contributed by atoms with Crippen LogP contribution >= 0.6 is 0 Å². The Morgan fingerprint density at radius 2 is 1.90 bits per heavy atom. The SMILES string of the molecule is Cc1nc2cc(NC(=O)C3=NN(c4ccccc4)C(C(=O)OC(C)(C)C)C3)ccc2o1. The summed E-state index contributed by atoms with van der Waals surface area (Å²) in [6, 6.07) is 13.8. The zero-order valence-electron chi connectivity index (χ0n) is 17.9. The van der Waals surface area contributed by atoms with Crippen LogP contribution in [-0.4, -0.2) is 34.2 Å². The summed E-state index contributed by atoms with van der Waals surface area (Å²) in [5.41, 5.74) is 2.18. The molecule has 0 radical (unpaired) electrons. The number of nitrogens with zero attached hydrogens (tertiary/aromatic N) is 3. The summed E-state index contributed by atoms with van der Waals surface area (Å²) in [5, 5.41) is 8.84. The molecule has 1 aliphatic rings. The van der Waals surface area contributed by atoms with Crippen molar-refractivity contribution < 1.29 is 18.7 Å². The lowest BCUT2D eigenvalue weighted by molar-refractivity contribution is -0.156. The van der Waals surface area contributed by atoms with E-state index in [1.807, 2.05) is 51.1 Å². The number of carbonyl (C=O) groups is 2. The van der Waals surface area contributed by atoms with Gasteiger partial charge in [0, 0.05) is 19.0 Å². The number of aromatic nitrogens is 1. The van der Waals surface area contributed by atoms with Crippen LogP contribution in [0.3, 0.4) is 0 Å². The summed E-state index contributed by atoms with van der Waals surface area (Å²) in [5.74, 6) is -0.258. The number of benzene rings is 2. The van der Waals surface area contributed by atoms with Gasteiger partial charge in [0.1, 0.15) is 16.8 Å². The highest BCUT2D eigenvalue weighted by molar-refractivity contribution is 6.44. The molecule has 0 bridgehead atoms. The molecular weight excluding hydrogens is 396 g/mol. The second kappa shape index (κ2) is 7.86. The van der Waals surface area contributed by atoms with Gasteiger partial charge in [-0.05, 0) is 51.1 Å². The lowest BCUT2D eigenvalue weighted by atomic mass is 10.1. The lowest BCUT2D eigenvalue weighted by Crippen LogP contribution is -2.40. The number of rotatable bonds is 4. The van der Waals surface area contributed by atoms with E-state index in [0.29, 0.717) is 28.4 Å². The number of aryl methyl sites for hydroxylation is 1. The molecule has 1 unspecified atom stereocenters. The van der Waals surface area contributed by atoms with Gasteiger partial charge in [-0.1, -0.05) is 18.2 Å². The molecule has 1 aliphatic heterocycles. The van der Waals surface area contributed by atoms with Crippen LogP contribution in [0.4, 0.5) is 11.4 Å². The van der Waals surface area contributed by atoms with E-state index in [2.05, 4.69) is 15.4 Å². The molecule has 31 heavy (non-hydrogen) atoms. The number of ether oxygens (including phenoxy) is 1. The quantitative estimate of drug-likeness (QED) is 0.640. The van der Waals surface area contributed by atoms with Crippen molar-refractivity contribution in [3.8, 4) is 0 Å². The van der Waals surface area contributed by atoms with Crippen molar-refractivity contribution in [3.05, 3.63) is 54.4 Å². The van der Waals surface area contributed by atoms with Gasteiger partial charge in [0.25, 0.3) is 5.91 Å². The van der Waals surface area contributed by atoms with Crippen molar-refractivity contribution in [2.45, 2.75) is 45.8 Å². The fourth-order valence-corrected chi connectivity index (χ4v) is 3.34. The van der Waals surface area contributed by atoms with Gasteiger partial charge in [-0.25, -0.2) is 9.78 Å².